The maximum Gasteiger partial charge on any atom is 0.221 e. The summed E-state index contributed by atoms with van der Waals surface area (Å²) in [6.45, 7) is 11.2. The highest BCUT2D eigenvalue weighted by atomic mass is 127. The Morgan fingerprint density at radius 1 is 1.14 bits per heavy atom. The van der Waals surface area contributed by atoms with Crippen molar-refractivity contribution in [2.45, 2.75) is 59.3 Å². The predicted molar refractivity (Wildman–Crippen MR) is 124 cm³/mol. The van der Waals surface area contributed by atoms with Crippen molar-refractivity contribution in [2.24, 2.45) is 4.99 Å². The molecule has 1 amide bonds. The van der Waals surface area contributed by atoms with Crippen LogP contribution in [-0.2, 0) is 4.79 Å². The van der Waals surface area contributed by atoms with Gasteiger partial charge < -0.3 is 25.8 Å². The van der Waals surface area contributed by atoms with Gasteiger partial charge in [-0.05, 0) is 52.3 Å². The van der Waals surface area contributed by atoms with E-state index in [1.54, 1.807) is 0 Å². The first-order chi connectivity index (χ1) is 12.8. The molecule has 1 unspecified atom stereocenters. The van der Waals surface area contributed by atoms with E-state index >= 15 is 0 Å². The molecule has 1 atom stereocenters. The minimum absolute atomic E-state index is 0. The summed E-state index contributed by atoms with van der Waals surface area (Å²) in [5.41, 5.74) is 0.780. The molecule has 0 aromatic heterocycles. The van der Waals surface area contributed by atoms with E-state index in [9.17, 15) is 9.90 Å². The number of aliphatic hydroxyl groups excluding tert-OH is 1. The van der Waals surface area contributed by atoms with Crippen LogP contribution < -0.4 is 20.7 Å². The van der Waals surface area contributed by atoms with Gasteiger partial charge in [-0.25, -0.2) is 0 Å². The van der Waals surface area contributed by atoms with Gasteiger partial charge in [0, 0.05) is 25.6 Å². The van der Waals surface area contributed by atoms with Crippen molar-refractivity contribution < 1.29 is 14.6 Å². The zero-order valence-corrected chi connectivity index (χ0v) is 19.8. The average molecular weight is 506 g/mol. The molecule has 160 valence electrons. The number of benzene rings is 1. The Balaban J connectivity index is 0.00000729. The van der Waals surface area contributed by atoms with E-state index in [4.69, 9.17) is 4.74 Å². The van der Waals surface area contributed by atoms with Crippen molar-refractivity contribution in [1.82, 2.24) is 16.0 Å². The molecule has 8 heteroatoms. The van der Waals surface area contributed by atoms with Crippen LogP contribution >= 0.6 is 24.0 Å². The summed E-state index contributed by atoms with van der Waals surface area (Å²) in [7, 11) is 0. The Labute approximate surface area is 185 Å². The first-order valence-corrected chi connectivity index (χ1v) is 9.58. The number of hydrogen-bond donors (Lipinski definition) is 4. The van der Waals surface area contributed by atoms with Crippen LogP contribution in [0.2, 0.25) is 0 Å². The van der Waals surface area contributed by atoms with Crippen molar-refractivity contribution in [1.29, 1.82) is 0 Å². The van der Waals surface area contributed by atoms with Crippen LogP contribution in [0.1, 0.15) is 52.7 Å². The number of ether oxygens (including phenoxy) is 1. The molecule has 0 aliphatic heterocycles. The van der Waals surface area contributed by atoms with E-state index in [1.165, 1.54) is 0 Å². The van der Waals surface area contributed by atoms with Crippen molar-refractivity contribution in [3.63, 3.8) is 0 Å². The van der Waals surface area contributed by atoms with Crippen LogP contribution in [0, 0.1) is 0 Å². The SMILES string of the molecule is CCNC(=NCC(O)c1ccc(OC(C)C)cc1)NCCC(=O)NC(C)C.I. The molecule has 4 N–H and O–H groups in total. The summed E-state index contributed by atoms with van der Waals surface area (Å²) in [5.74, 6) is 1.35. The minimum atomic E-state index is -0.710. The number of aliphatic imine (C=N–C) groups is 1. The third-order valence-electron chi connectivity index (χ3n) is 3.50. The second kappa shape index (κ2) is 14.4. The normalized spacial score (nSPS) is 12.4. The van der Waals surface area contributed by atoms with Crippen LogP contribution in [-0.4, -0.2) is 48.8 Å². The van der Waals surface area contributed by atoms with Crippen molar-refractivity contribution >= 4 is 35.8 Å². The van der Waals surface area contributed by atoms with E-state index < -0.39 is 6.10 Å². The third-order valence-corrected chi connectivity index (χ3v) is 3.50. The molecular formula is C20H35IN4O3. The Morgan fingerprint density at radius 3 is 2.32 bits per heavy atom. The lowest BCUT2D eigenvalue weighted by Crippen LogP contribution is -2.40. The minimum Gasteiger partial charge on any atom is -0.491 e. The van der Waals surface area contributed by atoms with Gasteiger partial charge in [0.2, 0.25) is 5.91 Å². The van der Waals surface area contributed by atoms with Crippen LogP contribution in [0.25, 0.3) is 0 Å². The second-order valence-electron chi connectivity index (χ2n) is 6.87. The molecule has 1 aromatic carbocycles. The molecule has 1 aromatic rings. The van der Waals surface area contributed by atoms with E-state index in [0.29, 0.717) is 25.5 Å². The zero-order chi connectivity index (χ0) is 20.2. The molecule has 0 fully saturated rings. The predicted octanol–water partition coefficient (Wildman–Crippen LogP) is 2.60. The summed E-state index contributed by atoms with van der Waals surface area (Å²) in [4.78, 5) is 16.1. The highest BCUT2D eigenvalue weighted by molar-refractivity contribution is 14.0. The second-order valence-corrected chi connectivity index (χ2v) is 6.87. The molecular weight excluding hydrogens is 471 g/mol. The van der Waals surface area contributed by atoms with Crippen LogP contribution in [0.15, 0.2) is 29.3 Å². The summed E-state index contributed by atoms with van der Waals surface area (Å²) in [6, 6.07) is 7.51. The van der Waals surface area contributed by atoms with Gasteiger partial charge >= 0.3 is 0 Å². The first-order valence-electron chi connectivity index (χ1n) is 9.58. The fourth-order valence-corrected chi connectivity index (χ4v) is 2.35. The van der Waals surface area contributed by atoms with Gasteiger partial charge in [-0.15, -0.1) is 24.0 Å². The number of halogens is 1. The lowest BCUT2D eigenvalue weighted by Gasteiger charge is -2.14. The lowest BCUT2D eigenvalue weighted by molar-refractivity contribution is -0.121. The van der Waals surface area contributed by atoms with Gasteiger partial charge in [0.25, 0.3) is 0 Å². The quantitative estimate of drug-likeness (QED) is 0.222. The number of amides is 1. The van der Waals surface area contributed by atoms with Crippen molar-refractivity contribution in [3.8, 4) is 5.75 Å². The maximum atomic E-state index is 11.7. The number of carbonyl (C=O) groups excluding carboxylic acids is 1. The molecule has 0 aliphatic rings. The number of aliphatic hydroxyl groups is 1. The number of guanidine groups is 1. The number of nitrogens with zero attached hydrogens (tertiary/aromatic N) is 1. The fourth-order valence-electron chi connectivity index (χ4n) is 2.35. The van der Waals surface area contributed by atoms with Crippen LogP contribution in [0.3, 0.4) is 0 Å². The summed E-state index contributed by atoms with van der Waals surface area (Å²) in [6.07, 6.45) is -0.234. The van der Waals surface area contributed by atoms with Gasteiger partial charge in [-0.3, -0.25) is 9.79 Å². The fraction of sp³-hybridized carbons (Fsp3) is 0.600. The first kappa shape index (κ1) is 26.4. The van der Waals surface area contributed by atoms with E-state index in [-0.39, 0.29) is 48.6 Å². The van der Waals surface area contributed by atoms with Gasteiger partial charge in [0.05, 0.1) is 18.8 Å². The van der Waals surface area contributed by atoms with Gasteiger partial charge in [0.15, 0.2) is 5.96 Å². The molecule has 0 radical (unpaired) electrons. The molecule has 1 rings (SSSR count). The number of nitrogens with one attached hydrogen (secondary N) is 3. The molecule has 0 heterocycles. The van der Waals surface area contributed by atoms with E-state index in [1.807, 2.05) is 58.9 Å². The number of carbonyl (C=O) groups is 1. The molecule has 0 bridgehead atoms. The number of hydrogen-bond acceptors (Lipinski definition) is 4. The topological polar surface area (TPSA) is 95.0 Å². The van der Waals surface area contributed by atoms with Crippen molar-refractivity contribution in [2.75, 3.05) is 19.6 Å². The molecule has 0 aliphatic carbocycles. The Hall–Kier alpha value is -1.55. The largest absolute Gasteiger partial charge is 0.491 e. The standard InChI is InChI=1S/C20H34N4O3.HI/c1-6-21-20(22-12-11-19(26)24-14(2)3)23-13-18(25)16-7-9-17(10-8-16)27-15(4)5;/h7-10,14-15,18,25H,6,11-13H2,1-5H3,(H,24,26)(H2,21,22,23);1H. The van der Waals surface area contributed by atoms with E-state index in [0.717, 1.165) is 11.3 Å². The zero-order valence-electron chi connectivity index (χ0n) is 17.5. The summed E-state index contributed by atoms with van der Waals surface area (Å²) >= 11 is 0. The highest BCUT2D eigenvalue weighted by Gasteiger charge is 2.09. The van der Waals surface area contributed by atoms with Crippen molar-refractivity contribution in [3.05, 3.63) is 29.8 Å². The average Bonchev–Trinajstić information content (AvgIpc) is 2.58. The maximum absolute atomic E-state index is 11.7. The third kappa shape index (κ3) is 11.3. The van der Waals surface area contributed by atoms with Gasteiger partial charge in [-0.1, -0.05) is 12.1 Å². The Kier molecular flexibility index (Phi) is 13.6. The van der Waals surface area contributed by atoms with Crippen LogP contribution in [0.4, 0.5) is 0 Å². The van der Waals surface area contributed by atoms with Crippen LogP contribution in [0.5, 0.6) is 5.75 Å². The Bertz CT molecular complexity index is 592. The number of rotatable bonds is 10. The van der Waals surface area contributed by atoms with Gasteiger partial charge in [-0.2, -0.15) is 0 Å². The molecule has 0 saturated heterocycles. The highest BCUT2D eigenvalue weighted by Crippen LogP contribution is 2.19. The molecule has 0 saturated carbocycles. The summed E-state index contributed by atoms with van der Waals surface area (Å²) < 4.78 is 5.60. The smallest absolute Gasteiger partial charge is 0.221 e. The Morgan fingerprint density at radius 2 is 1.79 bits per heavy atom. The van der Waals surface area contributed by atoms with E-state index in [2.05, 4.69) is 20.9 Å². The molecule has 0 spiro atoms. The molecule has 7 nitrogen and oxygen atoms in total. The van der Waals surface area contributed by atoms with Gasteiger partial charge in [0.1, 0.15) is 5.75 Å². The molecule has 28 heavy (non-hydrogen) atoms. The monoisotopic (exact) mass is 506 g/mol. The summed E-state index contributed by atoms with van der Waals surface area (Å²) in [5, 5.41) is 19.4. The lowest BCUT2D eigenvalue weighted by atomic mass is 10.1.